The van der Waals surface area contributed by atoms with Gasteiger partial charge < -0.3 is 4.90 Å². The molecule has 1 nitrogen and oxygen atoms in total. The summed E-state index contributed by atoms with van der Waals surface area (Å²) in [5, 5.41) is 0. The van der Waals surface area contributed by atoms with Crippen molar-refractivity contribution in [3.05, 3.63) is 107 Å². The lowest BCUT2D eigenvalue weighted by atomic mass is 9.78. The summed E-state index contributed by atoms with van der Waals surface area (Å²) in [6.45, 7) is 16.4. The smallest absolute Gasteiger partial charge is 0.0451 e. The first kappa shape index (κ1) is 26.9. The highest BCUT2D eigenvalue weighted by molar-refractivity contribution is 5.86. The summed E-state index contributed by atoms with van der Waals surface area (Å²) < 4.78 is 0. The summed E-state index contributed by atoms with van der Waals surface area (Å²) in [6.07, 6.45) is 6.84. The van der Waals surface area contributed by atoms with E-state index in [0.29, 0.717) is 0 Å². The van der Waals surface area contributed by atoms with Crippen molar-refractivity contribution in [2.75, 3.05) is 4.90 Å². The summed E-state index contributed by atoms with van der Waals surface area (Å²) >= 11 is 0. The quantitative estimate of drug-likeness (QED) is 0.255. The van der Waals surface area contributed by atoms with Crippen LogP contribution in [0.5, 0.6) is 0 Å². The molecular weight excluding hydrogens is 482 g/mol. The van der Waals surface area contributed by atoms with Crippen molar-refractivity contribution >= 4 is 11.4 Å². The van der Waals surface area contributed by atoms with E-state index in [1.807, 2.05) is 0 Å². The van der Waals surface area contributed by atoms with Crippen LogP contribution in [-0.2, 0) is 5.41 Å². The fourth-order valence-corrected chi connectivity index (χ4v) is 7.34. The average Bonchev–Trinajstić information content (AvgIpc) is 3.15. The monoisotopic (exact) mass is 527 g/mol. The molecule has 0 amide bonds. The number of fused-ring (bicyclic) bond motifs is 3. The van der Waals surface area contributed by atoms with E-state index in [0.717, 1.165) is 5.92 Å². The van der Waals surface area contributed by atoms with Gasteiger partial charge in [0.15, 0.2) is 0 Å². The molecule has 1 fully saturated rings. The zero-order valence-electron chi connectivity index (χ0n) is 25.6. The standard InChI is InChI=1S/C39H45N/c1-26-18-19-31(29-16-12-9-13-17-29)24-36(26)40(38(3,4)5)37-25-35-33(22-27(37)2)32-21-20-30(23-34(32)39(35,6)7)28-14-10-8-11-15-28/h9,12-13,16-25,28H,8,10-11,14-15H2,1-7H3. The third-order valence-corrected chi connectivity index (χ3v) is 9.56. The molecule has 0 unspecified atom stereocenters. The molecule has 0 aromatic heterocycles. The molecule has 206 valence electrons. The van der Waals surface area contributed by atoms with E-state index < -0.39 is 0 Å². The zero-order valence-corrected chi connectivity index (χ0v) is 25.6. The second-order valence-corrected chi connectivity index (χ2v) is 13.8. The molecule has 2 aliphatic carbocycles. The second-order valence-electron chi connectivity index (χ2n) is 13.8. The second kappa shape index (κ2) is 9.95. The molecule has 6 rings (SSSR count). The molecule has 0 spiro atoms. The van der Waals surface area contributed by atoms with Crippen LogP contribution < -0.4 is 4.90 Å². The molecule has 0 atom stereocenters. The maximum absolute atomic E-state index is 2.58. The van der Waals surface area contributed by atoms with Crippen LogP contribution in [0.4, 0.5) is 11.4 Å². The molecule has 0 radical (unpaired) electrons. The summed E-state index contributed by atoms with van der Waals surface area (Å²) in [5.41, 5.74) is 15.0. The Hall–Kier alpha value is -3.32. The molecule has 4 aromatic carbocycles. The van der Waals surface area contributed by atoms with Gasteiger partial charge in [-0.15, -0.1) is 0 Å². The van der Waals surface area contributed by atoms with Crippen LogP contribution in [0.2, 0.25) is 0 Å². The number of hydrogen-bond donors (Lipinski definition) is 0. The molecule has 0 saturated heterocycles. The number of nitrogens with zero attached hydrogens (tertiary/aromatic N) is 1. The van der Waals surface area contributed by atoms with E-state index in [1.165, 1.54) is 88.0 Å². The summed E-state index contributed by atoms with van der Waals surface area (Å²) in [5.74, 6) is 0.729. The van der Waals surface area contributed by atoms with Crippen LogP contribution in [0.15, 0.2) is 78.9 Å². The first-order valence-electron chi connectivity index (χ1n) is 15.3. The van der Waals surface area contributed by atoms with Gasteiger partial charge in [-0.25, -0.2) is 0 Å². The molecule has 0 bridgehead atoms. The number of rotatable bonds is 4. The Morgan fingerprint density at radius 2 is 1.32 bits per heavy atom. The molecule has 0 heterocycles. The van der Waals surface area contributed by atoms with E-state index in [4.69, 9.17) is 0 Å². The molecule has 0 N–H and O–H groups in total. The highest BCUT2D eigenvalue weighted by Gasteiger charge is 2.38. The lowest BCUT2D eigenvalue weighted by Crippen LogP contribution is -2.38. The van der Waals surface area contributed by atoms with E-state index in [9.17, 15) is 0 Å². The SMILES string of the molecule is Cc1ccc(-c2ccccc2)cc1N(c1cc2c(cc1C)-c1ccc(C3CCCCC3)cc1C2(C)C)C(C)(C)C. The predicted molar refractivity (Wildman–Crippen MR) is 173 cm³/mol. The molecule has 1 heteroatoms. The molecule has 1 saturated carbocycles. The number of aryl methyl sites for hydroxylation is 2. The van der Waals surface area contributed by atoms with Gasteiger partial charge in [0.05, 0.1) is 0 Å². The summed E-state index contributed by atoms with van der Waals surface area (Å²) in [6, 6.07) is 30.1. The van der Waals surface area contributed by atoms with E-state index >= 15 is 0 Å². The highest BCUT2D eigenvalue weighted by atomic mass is 15.2. The van der Waals surface area contributed by atoms with Gasteiger partial charge in [0.2, 0.25) is 0 Å². The maximum Gasteiger partial charge on any atom is 0.0451 e. The first-order valence-corrected chi connectivity index (χ1v) is 15.3. The zero-order chi connectivity index (χ0) is 28.2. The van der Waals surface area contributed by atoms with Crippen LogP contribution in [0.1, 0.15) is 100 Å². The fraction of sp³-hybridized carbons (Fsp3) is 0.385. The Bertz CT molecular complexity index is 1540. The average molecular weight is 528 g/mol. The lowest BCUT2D eigenvalue weighted by molar-refractivity contribution is 0.443. The van der Waals surface area contributed by atoms with Crippen molar-refractivity contribution in [2.24, 2.45) is 0 Å². The van der Waals surface area contributed by atoms with Crippen LogP contribution in [0, 0.1) is 13.8 Å². The van der Waals surface area contributed by atoms with Gasteiger partial charge in [-0.05, 0) is 122 Å². The van der Waals surface area contributed by atoms with Crippen LogP contribution >= 0.6 is 0 Å². The fourth-order valence-electron chi connectivity index (χ4n) is 7.34. The predicted octanol–water partition coefficient (Wildman–Crippen LogP) is 11.3. The van der Waals surface area contributed by atoms with Gasteiger partial charge in [0.1, 0.15) is 0 Å². The minimum atomic E-state index is -0.0944. The van der Waals surface area contributed by atoms with Gasteiger partial charge >= 0.3 is 0 Å². The minimum Gasteiger partial charge on any atom is -0.336 e. The normalized spacial score (nSPS) is 16.5. The molecule has 4 aromatic rings. The molecular formula is C39H45N. The topological polar surface area (TPSA) is 3.24 Å². The maximum atomic E-state index is 2.58. The van der Waals surface area contributed by atoms with Crippen molar-refractivity contribution in [3.8, 4) is 22.3 Å². The van der Waals surface area contributed by atoms with Crippen molar-refractivity contribution in [2.45, 2.75) is 97.4 Å². The number of hydrogen-bond acceptors (Lipinski definition) is 1. The number of benzene rings is 4. The molecule has 2 aliphatic rings. The minimum absolute atomic E-state index is 0.0255. The van der Waals surface area contributed by atoms with Crippen molar-refractivity contribution in [3.63, 3.8) is 0 Å². The Labute approximate surface area is 242 Å². The van der Waals surface area contributed by atoms with E-state index in [1.54, 1.807) is 5.56 Å². The Morgan fingerprint density at radius 3 is 2.02 bits per heavy atom. The summed E-state index contributed by atoms with van der Waals surface area (Å²) in [7, 11) is 0. The lowest BCUT2D eigenvalue weighted by Gasteiger charge is -2.40. The number of anilines is 2. The van der Waals surface area contributed by atoms with Gasteiger partial charge in [0.25, 0.3) is 0 Å². The molecule has 40 heavy (non-hydrogen) atoms. The third-order valence-electron chi connectivity index (χ3n) is 9.56. The van der Waals surface area contributed by atoms with Gasteiger partial charge in [-0.2, -0.15) is 0 Å². The van der Waals surface area contributed by atoms with Crippen LogP contribution in [-0.4, -0.2) is 5.54 Å². The van der Waals surface area contributed by atoms with Crippen molar-refractivity contribution in [1.82, 2.24) is 0 Å². The van der Waals surface area contributed by atoms with Crippen LogP contribution in [0.25, 0.3) is 22.3 Å². The van der Waals surface area contributed by atoms with Gasteiger partial charge in [0, 0.05) is 22.3 Å². The first-order chi connectivity index (χ1) is 19.1. The van der Waals surface area contributed by atoms with Crippen molar-refractivity contribution < 1.29 is 0 Å². The van der Waals surface area contributed by atoms with Gasteiger partial charge in [-0.1, -0.05) is 93.8 Å². The third kappa shape index (κ3) is 4.58. The Kier molecular flexibility index (Phi) is 6.68. The summed E-state index contributed by atoms with van der Waals surface area (Å²) in [4.78, 5) is 2.58. The van der Waals surface area contributed by atoms with Crippen LogP contribution in [0.3, 0.4) is 0 Å². The highest BCUT2D eigenvalue weighted by Crippen LogP contribution is 2.52. The molecule has 0 aliphatic heterocycles. The van der Waals surface area contributed by atoms with Crippen molar-refractivity contribution in [1.29, 1.82) is 0 Å². The van der Waals surface area contributed by atoms with Gasteiger partial charge in [-0.3, -0.25) is 0 Å². The Balaban J connectivity index is 1.47. The Morgan fingerprint density at radius 1 is 0.650 bits per heavy atom. The van der Waals surface area contributed by atoms with E-state index in [-0.39, 0.29) is 11.0 Å². The van der Waals surface area contributed by atoms with E-state index in [2.05, 4.69) is 132 Å². The largest absolute Gasteiger partial charge is 0.336 e.